The SMILES string of the molecule is Cl.c1cnc(-c2noc(CC3CCCN3)n2)cn1. The number of aromatic nitrogens is 4. The first-order chi connectivity index (χ1) is 8.42. The smallest absolute Gasteiger partial charge is 0.228 e. The van der Waals surface area contributed by atoms with Gasteiger partial charge in [0.2, 0.25) is 11.7 Å². The third-order valence-electron chi connectivity index (χ3n) is 2.84. The summed E-state index contributed by atoms with van der Waals surface area (Å²) in [5, 5.41) is 7.31. The van der Waals surface area contributed by atoms with Crippen molar-refractivity contribution in [2.24, 2.45) is 0 Å². The van der Waals surface area contributed by atoms with Crippen molar-refractivity contribution in [3.63, 3.8) is 0 Å². The fourth-order valence-corrected chi connectivity index (χ4v) is 2.00. The van der Waals surface area contributed by atoms with E-state index in [1.54, 1.807) is 18.6 Å². The van der Waals surface area contributed by atoms with Crippen molar-refractivity contribution in [2.75, 3.05) is 6.54 Å². The molecule has 7 heteroatoms. The Bertz CT molecular complexity index is 483. The minimum atomic E-state index is 0. The molecule has 18 heavy (non-hydrogen) atoms. The van der Waals surface area contributed by atoms with Crippen molar-refractivity contribution in [1.82, 2.24) is 25.4 Å². The van der Waals surface area contributed by atoms with Crippen LogP contribution in [0.1, 0.15) is 18.7 Å². The fourth-order valence-electron chi connectivity index (χ4n) is 2.00. The van der Waals surface area contributed by atoms with Crippen LogP contribution < -0.4 is 5.32 Å². The van der Waals surface area contributed by atoms with E-state index in [0.717, 1.165) is 13.0 Å². The molecule has 0 amide bonds. The van der Waals surface area contributed by atoms with E-state index in [4.69, 9.17) is 4.52 Å². The molecule has 3 rings (SSSR count). The maximum Gasteiger partial charge on any atom is 0.228 e. The average molecular weight is 268 g/mol. The summed E-state index contributed by atoms with van der Waals surface area (Å²) < 4.78 is 5.21. The lowest BCUT2D eigenvalue weighted by atomic mass is 10.1. The second-order valence-electron chi connectivity index (χ2n) is 4.10. The summed E-state index contributed by atoms with van der Waals surface area (Å²) >= 11 is 0. The predicted molar refractivity (Wildman–Crippen MR) is 67.3 cm³/mol. The van der Waals surface area contributed by atoms with Crippen LogP contribution in [-0.4, -0.2) is 32.7 Å². The first-order valence-electron chi connectivity index (χ1n) is 5.74. The molecule has 1 fully saturated rings. The Morgan fingerprint density at radius 1 is 1.39 bits per heavy atom. The van der Waals surface area contributed by atoms with Crippen LogP contribution in [0, 0.1) is 0 Å². The molecule has 1 aliphatic rings. The molecule has 1 N–H and O–H groups in total. The zero-order valence-electron chi connectivity index (χ0n) is 9.74. The average Bonchev–Trinajstić information content (AvgIpc) is 3.02. The lowest BCUT2D eigenvalue weighted by Gasteiger charge is -2.04. The standard InChI is InChI=1S/C11H13N5O.ClH/c1-2-8(13-3-1)6-10-15-11(16-17-10)9-7-12-4-5-14-9;/h4-5,7-8,13H,1-3,6H2;1H. The van der Waals surface area contributed by atoms with Crippen LogP contribution in [0.5, 0.6) is 0 Å². The van der Waals surface area contributed by atoms with Gasteiger partial charge in [0, 0.05) is 24.9 Å². The third-order valence-corrected chi connectivity index (χ3v) is 2.84. The summed E-state index contributed by atoms with van der Waals surface area (Å²) in [6.45, 7) is 1.08. The highest BCUT2D eigenvalue weighted by molar-refractivity contribution is 5.85. The van der Waals surface area contributed by atoms with Crippen LogP contribution in [0.25, 0.3) is 11.5 Å². The number of hydrogen-bond donors (Lipinski definition) is 1. The molecule has 0 saturated carbocycles. The Morgan fingerprint density at radius 3 is 3.06 bits per heavy atom. The Labute approximate surface area is 111 Å². The van der Waals surface area contributed by atoms with E-state index in [2.05, 4.69) is 25.4 Å². The summed E-state index contributed by atoms with van der Waals surface area (Å²) in [7, 11) is 0. The maximum atomic E-state index is 5.21. The minimum absolute atomic E-state index is 0. The molecule has 1 atom stereocenters. The van der Waals surface area contributed by atoms with Gasteiger partial charge in [0.05, 0.1) is 6.20 Å². The quantitative estimate of drug-likeness (QED) is 0.902. The molecule has 2 aromatic rings. The normalized spacial score (nSPS) is 18.6. The lowest BCUT2D eigenvalue weighted by Crippen LogP contribution is -2.23. The maximum absolute atomic E-state index is 5.21. The van der Waals surface area contributed by atoms with Crippen molar-refractivity contribution in [1.29, 1.82) is 0 Å². The molecule has 0 radical (unpaired) electrons. The van der Waals surface area contributed by atoms with Crippen molar-refractivity contribution in [2.45, 2.75) is 25.3 Å². The Morgan fingerprint density at radius 2 is 2.33 bits per heavy atom. The molecule has 96 valence electrons. The van der Waals surface area contributed by atoms with Gasteiger partial charge in [-0.1, -0.05) is 5.16 Å². The van der Waals surface area contributed by atoms with Crippen LogP contribution in [0.4, 0.5) is 0 Å². The molecule has 1 saturated heterocycles. The molecule has 6 nitrogen and oxygen atoms in total. The zero-order chi connectivity index (χ0) is 11.5. The first kappa shape index (κ1) is 12.9. The molecule has 0 bridgehead atoms. The van der Waals surface area contributed by atoms with Crippen LogP contribution in [0.3, 0.4) is 0 Å². The van der Waals surface area contributed by atoms with Crippen molar-refractivity contribution in [3.8, 4) is 11.5 Å². The van der Waals surface area contributed by atoms with Gasteiger partial charge in [-0.2, -0.15) is 4.98 Å². The number of nitrogens with one attached hydrogen (secondary N) is 1. The molecular weight excluding hydrogens is 254 g/mol. The van der Waals surface area contributed by atoms with Crippen LogP contribution in [0.2, 0.25) is 0 Å². The molecule has 0 aromatic carbocycles. The van der Waals surface area contributed by atoms with E-state index >= 15 is 0 Å². The fraction of sp³-hybridized carbons (Fsp3) is 0.455. The molecule has 2 aromatic heterocycles. The van der Waals surface area contributed by atoms with Gasteiger partial charge >= 0.3 is 0 Å². The Hall–Kier alpha value is -1.53. The van der Waals surface area contributed by atoms with Gasteiger partial charge in [-0.3, -0.25) is 4.98 Å². The van der Waals surface area contributed by atoms with Crippen LogP contribution in [-0.2, 0) is 6.42 Å². The van der Waals surface area contributed by atoms with Gasteiger partial charge < -0.3 is 9.84 Å². The van der Waals surface area contributed by atoms with E-state index in [1.807, 2.05) is 0 Å². The Kier molecular flexibility index (Phi) is 4.22. The highest BCUT2D eigenvalue weighted by atomic mass is 35.5. The second kappa shape index (κ2) is 5.88. The topological polar surface area (TPSA) is 76.7 Å². The highest BCUT2D eigenvalue weighted by Gasteiger charge is 2.18. The number of hydrogen-bond acceptors (Lipinski definition) is 6. The van der Waals surface area contributed by atoms with E-state index in [1.165, 1.54) is 12.8 Å². The van der Waals surface area contributed by atoms with E-state index < -0.39 is 0 Å². The van der Waals surface area contributed by atoms with Gasteiger partial charge in [-0.15, -0.1) is 12.4 Å². The number of nitrogens with zero attached hydrogens (tertiary/aromatic N) is 4. The predicted octanol–water partition coefficient (Wildman–Crippen LogP) is 1.24. The summed E-state index contributed by atoms with van der Waals surface area (Å²) in [5.74, 6) is 1.16. The van der Waals surface area contributed by atoms with Gasteiger partial charge in [0.15, 0.2) is 0 Å². The number of rotatable bonds is 3. The largest absolute Gasteiger partial charge is 0.339 e. The first-order valence-corrected chi connectivity index (χ1v) is 5.74. The lowest BCUT2D eigenvalue weighted by molar-refractivity contribution is 0.364. The molecule has 0 aliphatic carbocycles. The molecular formula is C11H14ClN5O. The summed E-state index contributed by atoms with van der Waals surface area (Å²) in [6.07, 6.45) is 8.03. The van der Waals surface area contributed by atoms with Gasteiger partial charge in [0.1, 0.15) is 5.69 Å². The Balaban J connectivity index is 0.00000120. The van der Waals surface area contributed by atoms with Gasteiger partial charge in [-0.25, -0.2) is 4.98 Å². The van der Waals surface area contributed by atoms with E-state index in [9.17, 15) is 0 Å². The minimum Gasteiger partial charge on any atom is -0.339 e. The van der Waals surface area contributed by atoms with Crippen LogP contribution >= 0.6 is 12.4 Å². The highest BCUT2D eigenvalue weighted by Crippen LogP contribution is 2.14. The van der Waals surface area contributed by atoms with Crippen LogP contribution in [0.15, 0.2) is 23.1 Å². The van der Waals surface area contributed by atoms with Gasteiger partial charge in [-0.05, 0) is 19.4 Å². The zero-order valence-corrected chi connectivity index (χ0v) is 10.6. The third kappa shape index (κ3) is 2.83. The van der Waals surface area contributed by atoms with Crippen molar-refractivity contribution < 1.29 is 4.52 Å². The van der Waals surface area contributed by atoms with Gasteiger partial charge in [0.25, 0.3) is 0 Å². The van der Waals surface area contributed by atoms with E-state index in [0.29, 0.717) is 23.5 Å². The summed E-state index contributed by atoms with van der Waals surface area (Å²) in [5.41, 5.74) is 0.641. The molecule has 0 spiro atoms. The monoisotopic (exact) mass is 267 g/mol. The summed E-state index contributed by atoms with van der Waals surface area (Å²) in [6, 6.07) is 0.463. The molecule has 1 unspecified atom stereocenters. The van der Waals surface area contributed by atoms with Crippen molar-refractivity contribution in [3.05, 3.63) is 24.5 Å². The number of halogens is 1. The molecule has 3 heterocycles. The molecule has 1 aliphatic heterocycles. The second-order valence-corrected chi connectivity index (χ2v) is 4.10. The van der Waals surface area contributed by atoms with Crippen molar-refractivity contribution >= 4 is 12.4 Å². The van der Waals surface area contributed by atoms with E-state index in [-0.39, 0.29) is 12.4 Å². The summed E-state index contributed by atoms with van der Waals surface area (Å²) in [4.78, 5) is 12.4.